The monoisotopic (exact) mass is 464 g/mol. The van der Waals surface area contributed by atoms with E-state index < -0.39 is 0 Å². The number of furan rings is 1. The number of fused-ring (bicyclic) bond motifs is 1. The molecule has 2 aromatic carbocycles. The summed E-state index contributed by atoms with van der Waals surface area (Å²) in [5.41, 5.74) is 3.99. The van der Waals surface area contributed by atoms with Gasteiger partial charge in [0.15, 0.2) is 0 Å². The average Bonchev–Trinajstić information content (AvgIpc) is 3.53. The maximum absolute atomic E-state index is 10.3. The fourth-order valence-electron chi connectivity index (χ4n) is 3.74. The molecule has 1 fully saturated rings. The van der Waals surface area contributed by atoms with Crippen LogP contribution in [-0.4, -0.2) is 35.1 Å². The highest BCUT2D eigenvalue weighted by Gasteiger charge is 2.18. The third kappa shape index (κ3) is 5.26. The summed E-state index contributed by atoms with van der Waals surface area (Å²) in [6.45, 7) is 2.64. The summed E-state index contributed by atoms with van der Waals surface area (Å²) in [6, 6.07) is 17.8. The Hall–Kier alpha value is -3.58. The van der Waals surface area contributed by atoms with Gasteiger partial charge in [0, 0.05) is 46.8 Å². The standard InChI is InChI=1S/C20H18ClN3O.C5H7NO2/c1-13-8-19(22-2)23-24(13)12-16-10-17(21)9-15-11-18(25-20(15)16)14-6-4-3-5-7-14;7-3-4-1-2-5(8)6-4/h3-11H,12H2,1-2H3,(H,22,23);3-4H,1-2H2,(H,6,8). The number of carbonyl (C=O) groups is 2. The number of amides is 1. The quantitative estimate of drug-likeness (QED) is 0.414. The Labute approximate surface area is 196 Å². The van der Waals surface area contributed by atoms with Crippen molar-refractivity contribution in [2.24, 2.45) is 0 Å². The highest BCUT2D eigenvalue weighted by atomic mass is 35.5. The molecule has 0 aliphatic carbocycles. The third-order valence-corrected chi connectivity index (χ3v) is 5.68. The van der Waals surface area contributed by atoms with Crippen LogP contribution >= 0.6 is 11.6 Å². The molecule has 1 atom stereocenters. The predicted octanol–water partition coefficient (Wildman–Crippen LogP) is 4.81. The first-order valence-corrected chi connectivity index (χ1v) is 11.1. The third-order valence-electron chi connectivity index (χ3n) is 5.47. The van der Waals surface area contributed by atoms with Gasteiger partial charge in [-0.25, -0.2) is 0 Å². The number of aromatic nitrogens is 2. The lowest BCUT2D eigenvalue weighted by atomic mass is 10.1. The number of benzene rings is 2. The van der Waals surface area contributed by atoms with Crippen molar-refractivity contribution in [1.29, 1.82) is 0 Å². The summed E-state index contributed by atoms with van der Waals surface area (Å²) >= 11 is 6.33. The Kier molecular flexibility index (Phi) is 6.79. The summed E-state index contributed by atoms with van der Waals surface area (Å²) < 4.78 is 8.12. The summed E-state index contributed by atoms with van der Waals surface area (Å²) in [4.78, 5) is 20.3. The number of hydrogen-bond acceptors (Lipinski definition) is 5. The van der Waals surface area contributed by atoms with Gasteiger partial charge < -0.3 is 19.8 Å². The first kappa shape index (κ1) is 22.6. The second-order valence-electron chi connectivity index (χ2n) is 7.89. The molecule has 170 valence electrons. The number of carbonyl (C=O) groups excluding carboxylic acids is 2. The molecule has 1 saturated heterocycles. The Morgan fingerprint density at radius 1 is 1.24 bits per heavy atom. The van der Waals surface area contributed by atoms with Crippen LogP contribution in [0.2, 0.25) is 5.02 Å². The van der Waals surface area contributed by atoms with E-state index in [-0.39, 0.29) is 11.9 Å². The molecule has 0 spiro atoms. The summed E-state index contributed by atoms with van der Waals surface area (Å²) in [7, 11) is 1.86. The van der Waals surface area contributed by atoms with Crippen molar-refractivity contribution in [3.8, 4) is 11.3 Å². The molecule has 0 bridgehead atoms. The molecule has 1 unspecified atom stereocenters. The molecule has 0 saturated carbocycles. The molecular weight excluding hydrogens is 440 g/mol. The summed E-state index contributed by atoms with van der Waals surface area (Å²) in [5.74, 6) is 1.68. The zero-order chi connectivity index (χ0) is 23.4. The number of nitrogens with zero attached hydrogens (tertiary/aromatic N) is 2. The minimum Gasteiger partial charge on any atom is -0.456 e. The Morgan fingerprint density at radius 3 is 2.64 bits per heavy atom. The molecule has 1 aliphatic rings. The van der Waals surface area contributed by atoms with Crippen LogP contribution in [-0.2, 0) is 16.1 Å². The maximum Gasteiger partial charge on any atom is 0.220 e. The first-order valence-electron chi connectivity index (χ1n) is 10.7. The molecule has 4 aromatic rings. The van der Waals surface area contributed by atoms with Gasteiger partial charge in [-0.15, -0.1) is 0 Å². The highest BCUT2D eigenvalue weighted by Crippen LogP contribution is 2.32. The van der Waals surface area contributed by atoms with E-state index in [4.69, 9.17) is 16.0 Å². The topological polar surface area (TPSA) is 89.2 Å². The second kappa shape index (κ2) is 9.92. The number of hydrogen-bond donors (Lipinski definition) is 2. The lowest BCUT2D eigenvalue weighted by Gasteiger charge is -2.06. The molecule has 0 radical (unpaired) electrons. The van der Waals surface area contributed by atoms with E-state index in [2.05, 4.69) is 15.7 Å². The number of rotatable bonds is 5. The molecule has 8 heteroatoms. The number of halogens is 1. The van der Waals surface area contributed by atoms with Crippen molar-refractivity contribution < 1.29 is 14.0 Å². The predicted molar refractivity (Wildman–Crippen MR) is 130 cm³/mol. The molecule has 5 rings (SSSR count). The van der Waals surface area contributed by atoms with Crippen molar-refractivity contribution in [3.63, 3.8) is 0 Å². The zero-order valence-electron chi connectivity index (χ0n) is 18.5. The minimum absolute atomic E-state index is 0.0119. The van der Waals surface area contributed by atoms with E-state index >= 15 is 0 Å². The van der Waals surface area contributed by atoms with Crippen LogP contribution in [0.15, 0.2) is 59.0 Å². The fraction of sp³-hybridized carbons (Fsp3) is 0.240. The van der Waals surface area contributed by atoms with Gasteiger partial charge in [-0.1, -0.05) is 41.9 Å². The van der Waals surface area contributed by atoms with E-state index in [1.165, 1.54) is 0 Å². The van der Waals surface area contributed by atoms with E-state index in [0.717, 1.165) is 45.7 Å². The second-order valence-corrected chi connectivity index (χ2v) is 8.32. The van der Waals surface area contributed by atoms with Crippen molar-refractivity contribution in [3.05, 3.63) is 70.9 Å². The minimum atomic E-state index is -0.206. The normalized spacial score (nSPS) is 15.1. The van der Waals surface area contributed by atoms with Crippen molar-refractivity contribution in [1.82, 2.24) is 15.1 Å². The van der Waals surface area contributed by atoms with Gasteiger partial charge in [-0.2, -0.15) is 5.10 Å². The number of aldehydes is 1. The SMILES string of the molecule is CNc1cc(C)n(Cc2cc(Cl)cc3cc(-c4ccccc4)oc23)n1.O=CC1CCC(=O)N1. The van der Waals surface area contributed by atoms with Gasteiger partial charge in [-0.3, -0.25) is 9.48 Å². The van der Waals surface area contributed by atoms with Gasteiger partial charge >= 0.3 is 0 Å². The van der Waals surface area contributed by atoms with Crippen molar-refractivity contribution >= 4 is 40.6 Å². The summed E-state index contributed by atoms with van der Waals surface area (Å²) in [5, 5.41) is 11.8. The van der Waals surface area contributed by atoms with Crippen LogP contribution in [0.3, 0.4) is 0 Å². The number of nitrogens with one attached hydrogen (secondary N) is 2. The summed E-state index contributed by atoms with van der Waals surface area (Å²) in [6.07, 6.45) is 1.94. The molecule has 3 heterocycles. The van der Waals surface area contributed by atoms with Gasteiger partial charge in [0.1, 0.15) is 23.4 Å². The number of aryl methyl sites for hydroxylation is 1. The van der Waals surface area contributed by atoms with E-state index in [9.17, 15) is 9.59 Å². The molecule has 1 amide bonds. The van der Waals surface area contributed by atoms with Crippen LogP contribution in [0, 0.1) is 6.92 Å². The van der Waals surface area contributed by atoms with Gasteiger partial charge in [0.2, 0.25) is 5.91 Å². The fourth-order valence-corrected chi connectivity index (χ4v) is 3.99. The maximum atomic E-state index is 10.3. The van der Waals surface area contributed by atoms with Crippen LogP contribution in [0.1, 0.15) is 24.1 Å². The molecule has 2 N–H and O–H groups in total. The van der Waals surface area contributed by atoms with Gasteiger partial charge in [0.05, 0.1) is 12.6 Å². The van der Waals surface area contributed by atoms with Gasteiger partial charge in [-0.05, 0) is 31.5 Å². The molecular formula is C25H25ClN4O3. The highest BCUT2D eigenvalue weighted by molar-refractivity contribution is 6.31. The van der Waals surface area contributed by atoms with Crippen LogP contribution in [0.25, 0.3) is 22.3 Å². The molecule has 1 aliphatic heterocycles. The Bertz CT molecular complexity index is 1280. The Balaban J connectivity index is 0.000000275. The number of anilines is 1. The van der Waals surface area contributed by atoms with Gasteiger partial charge in [0.25, 0.3) is 0 Å². The van der Waals surface area contributed by atoms with Crippen LogP contribution in [0.5, 0.6) is 0 Å². The Morgan fingerprint density at radius 2 is 2.03 bits per heavy atom. The van der Waals surface area contributed by atoms with E-state index in [1.807, 2.05) is 73.3 Å². The lowest BCUT2D eigenvalue weighted by molar-refractivity contribution is -0.120. The lowest BCUT2D eigenvalue weighted by Crippen LogP contribution is -2.25. The molecule has 2 aromatic heterocycles. The molecule has 33 heavy (non-hydrogen) atoms. The average molecular weight is 465 g/mol. The molecule has 7 nitrogen and oxygen atoms in total. The van der Waals surface area contributed by atoms with E-state index in [0.29, 0.717) is 24.4 Å². The van der Waals surface area contributed by atoms with E-state index in [1.54, 1.807) is 0 Å². The van der Waals surface area contributed by atoms with Crippen LogP contribution < -0.4 is 10.6 Å². The first-order chi connectivity index (χ1) is 16.0. The van der Waals surface area contributed by atoms with Crippen molar-refractivity contribution in [2.75, 3.05) is 12.4 Å². The smallest absolute Gasteiger partial charge is 0.220 e. The zero-order valence-corrected chi connectivity index (χ0v) is 19.2. The van der Waals surface area contributed by atoms with Crippen LogP contribution in [0.4, 0.5) is 5.82 Å². The largest absolute Gasteiger partial charge is 0.456 e. The van der Waals surface area contributed by atoms with Crippen molar-refractivity contribution in [2.45, 2.75) is 32.4 Å².